The van der Waals surface area contributed by atoms with Crippen LogP contribution in [0.5, 0.6) is 11.6 Å². The highest BCUT2D eigenvalue weighted by molar-refractivity contribution is 5.91. The molecule has 2 aromatic carbocycles. The second-order valence-electron chi connectivity index (χ2n) is 8.19. The number of pyridine rings is 2. The summed E-state index contributed by atoms with van der Waals surface area (Å²) in [4.78, 5) is 8.87. The summed E-state index contributed by atoms with van der Waals surface area (Å²) in [6.07, 6.45) is 5.48. The molecule has 0 radical (unpaired) electrons. The van der Waals surface area contributed by atoms with Crippen LogP contribution in [0.1, 0.15) is 27.9 Å². The molecule has 4 nitrogen and oxygen atoms in total. The van der Waals surface area contributed by atoms with Gasteiger partial charge in [-0.25, -0.2) is 4.98 Å². The van der Waals surface area contributed by atoms with Gasteiger partial charge in [0.25, 0.3) is 0 Å². The molecular weight excluding hydrogens is 382 g/mol. The highest BCUT2D eigenvalue weighted by Gasteiger charge is 2.18. The summed E-state index contributed by atoms with van der Waals surface area (Å²) in [5.41, 5.74) is 7.39. The molecule has 0 spiro atoms. The quantitative estimate of drug-likeness (QED) is 0.334. The summed E-state index contributed by atoms with van der Waals surface area (Å²) in [7, 11) is 0. The summed E-state index contributed by atoms with van der Waals surface area (Å²) in [6, 6.07) is 16.7. The zero-order chi connectivity index (χ0) is 21.5. The molecule has 0 aliphatic heterocycles. The van der Waals surface area contributed by atoms with Crippen LogP contribution in [-0.2, 0) is 6.54 Å². The molecule has 0 amide bonds. The molecule has 0 saturated heterocycles. The van der Waals surface area contributed by atoms with Gasteiger partial charge in [0.2, 0.25) is 5.88 Å². The Kier molecular flexibility index (Phi) is 4.70. The monoisotopic (exact) mass is 407 g/mol. The molecule has 0 atom stereocenters. The molecule has 4 heteroatoms. The van der Waals surface area contributed by atoms with E-state index in [1.54, 1.807) is 6.20 Å². The van der Waals surface area contributed by atoms with Crippen molar-refractivity contribution < 1.29 is 4.74 Å². The van der Waals surface area contributed by atoms with Gasteiger partial charge in [0, 0.05) is 47.0 Å². The number of aryl methyl sites for hydroxylation is 3. The number of nitrogens with zero attached hydrogens (tertiary/aromatic N) is 3. The molecular formula is C27H25N3O. The van der Waals surface area contributed by atoms with E-state index in [-0.39, 0.29) is 0 Å². The Morgan fingerprint density at radius 3 is 2.61 bits per heavy atom. The second kappa shape index (κ2) is 7.55. The first-order valence-corrected chi connectivity index (χ1v) is 10.5. The summed E-state index contributed by atoms with van der Waals surface area (Å²) in [5.74, 6) is 1.41. The van der Waals surface area contributed by atoms with Gasteiger partial charge in [-0.05, 0) is 62.6 Å². The van der Waals surface area contributed by atoms with Crippen molar-refractivity contribution >= 4 is 21.7 Å². The highest BCUT2D eigenvalue weighted by Crippen LogP contribution is 2.36. The van der Waals surface area contributed by atoms with Crippen LogP contribution < -0.4 is 4.74 Å². The first-order valence-electron chi connectivity index (χ1n) is 10.5. The van der Waals surface area contributed by atoms with Gasteiger partial charge in [-0.15, -0.1) is 0 Å². The highest BCUT2D eigenvalue weighted by atomic mass is 16.5. The predicted molar refractivity (Wildman–Crippen MR) is 126 cm³/mol. The van der Waals surface area contributed by atoms with Crippen LogP contribution in [0.2, 0.25) is 0 Å². The van der Waals surface area contributed by atoms with Gasteiger partial charge in [-0.2, -0.15) is 0 Å². The summed E-state index contributed by atoms with van der Waals surface area (Å²) >= 11 is 0. The van der Waals surface area contributed by atoms with Gasteiger partial charge in [0.05, 0.1) is 0 Å². The number of hydrogen-bond acceptors (Lipinski definition) is 3. The first kappa shape index (κ1) is 19.3. The van der Waals surface area contributed by atoms with Crippen molar-refractivity contribution in [3.8, 4) is 11.6 Å². The molecule has 0 saturated carbocycles. The van der Waals surface area contributed by atoms with E-state index in [2.05, 4.69) is 66.5 Å². The fourth-order valence-electron chi connectivity index (χ4n) is 4.26. The fraction of sp³-hybridized carbons (Fsp3) is 0.185. The van der Waals surface area contributed by atoms with Crippen LogP contribution in [0.4, 0.5) is 0 Å². The maximum Gasteiger partial charge on any atom is 0.244 e. The molecule has 0 N–H and O–H groups in total. The Morgan fingerprint density at radius 2 is 1.74 bits per heavy atom. The molecule has 0 fully saturated rings. The minimum atomic E-state index is 0.628. The minimum absolute atomic E-state index is 0.628. The number of ether oxygens (including phenoxy) is 1. The lowest BCUT2D eigenvalue weighted by molar-refractivity contribution is 0.471. The number of aromatic nitrogens is 3. The lowest BCUT2D eigenvalue weighted by Gasteiger charge is -2.14. The van der Waals surface area contributed by atoms with Crippen molar-refractivity contribution in [2.75, 3.05) is 0 Å². The molecule has 5 aromatic rings. The summed E-state index contributed by atoms with van der Waals surface area (Å²) < 4.78 is 8.78. The van der Waals surface area contributed by atoms with Crippen LogP contribution in [-0.4, -0.2) is 14.5 Å². The molecule has 0 bridgehead atoms. The molecule has 0 aliphatic rings. The Balaban J connectivity index is 1.67. The summed E-state index contributed by atoms with van der Waals surface area (Å²) in [6.45, 7) is 9.44. The fourth-order valence-corrected chi connectivity index (χ4v) is 4.26. The van der Waals surface area contributed by atoms with Crippen LogP contribution in [0.25, 0.3) is 21.7 Å². The topological polar surface area (TPSA) is 39.9 Å². The van der Waals surface area contributed by atoms with Gasteiger partial charge in [-0.3, -0.25) is 4.98 Å². The van der Waals surface area contributed by atoms with Crippen molar-refractivity contribution in [3.63, 3.8) is 0 Å². The second-order valence-corrected chi connectivity index (χ2v) is 8.19. The van der Waals surface area contributed by atoms with Gasteiger partial charge < -0.3 is 9.30 Å². The standard InChI is InChI=1S/C27H25N3O/c1-17-8-9-18(2)22(14-17)16-30-20(4)19(3)23-11-13-29-27(26(23)30)31-25-7-5-6-21-15-28-12-10-24(21)25/h5-15H,16H2,1-4H3. The molecule has 0 aliphatic carbocycles. The Hall–Kier alpha value is -3.66. The smallest absolute Gasteiger partial charge is 0.244 e. The molecule has 0 unspecified atom stereocenters. The van der Waals surface area contributed by atoms with E-state index in [4.69, 9.17) is 4.74 Å². The van der Waals surface area contributed by atoms with Gasteiger partial charge in [0.15, 0.2) is 0 Å². The Morgan fingerprint density at radius 1 is 0.903 bits per heavy atom. The third-order valence-corrected chi connectivity index (χ3v) is 6.19. The van der Waals surface area contributed by atoms with Crippen LogP contribution >= 0.6 is 0 Å². The van der Waals surface area contributed by atoms with Gasteiger partial charge >= 0.3 is 0 Å². The average molecular weight is 408 g/mol. The SMILES string of the molecule is Cc1ccc(C)c(Cn2c(C)c(C)c3ccnc(Oc4cccc5cnccc45)c32)c1. The molecule has 31 heavy (non-hydrogen) atoms. The molecule has 3 aromatic heterocycles. The van der Waals surface area contributed by atoms with E-state index in [0.29, 0.717) is 5.88 Å². The average Bonchev–Trinajstić information content (AvgIpc) is 3.02. The van der Waals surface area contributed by atoms with E-state index in [9.17, 15) is 0 Å². The lowest BCUT2D eigenvalue weighted by Crippen LogP contribution is -2.05. The first-order chi connectivity index (χ1) is 15.0. The lowest BCUT2D eigenvalue weighted by atomic mass is 10.1. The number of hydrogen-bond donors (Lipinski definition) is 0. The van der Waals surface area contributed by atoms with Crippen LogP contribution in [0.3, 0.4) is 0 Å². The van der Waals surface area contributed by atoms with E-state index in [1.807, 2.05) is 36.7 Å². The van der Waals surface area contributed by atoms with Crippen molar-refractivity contribution in [1.29, 1.82) is 0 Å². The zero-order valence-corrected chi connectivity index (χ0v) is 18.3. The zero-order valence-electron chi connectivity index (χ0n) is 18.3. The third-order valence-electron chi connectivity index (χ3n) is 6.19. The predicted octanol–water partition coefficient (Wildman–Crippen LogP) is 6.66. The number of rotatable bonds is 4. The number of benzene rings is 2. The maximum absolute atomic E-state index is 6.45. The van der Waals surface area contributed by atoms with E-state index < -0.39 is 0 Å². The molecule has 5 rings (SSSR count). The number of fused-ring (bicyclic) bond motifs is 2. The van der Waals surface area contributed by atoms with E-state index in [0.717, 1.165) is 28.6 Å². The van der Waals surface area contributed by atoms with Crippen LogP contribution in [0, 0.1) is 27.7 Å². The Bertz CT molecular complexity index is 1430. The van der Waals surface area contributed by atoms with Crippen molar-refractivity contribution in [2.45, 2.75) is 34.2 Å². The van der Waals surface area contributed by atoms with Crippen molar-refractivity contribution in [2.24, 2.45) is 0 Å². The Labute approximate surface area is 182 Å². The molecule has 3 heterocycles. The summed E-state index contributed by atoms with van der Waals surface area (Å²) in [5, 5.41) is 3.25. The van der Waals surface area contributed by atoms with E-state index >= 15 is 0 Å². The normalized spacial score (nSPS) is 11.4. The minimum Gasteiger partial charge on any atom is -0.436 e. The van der Waals surface area contributed by atoms with Crippen molar-refractivity contribution in [3.05, 3.63) is 95.1 Å². The van der Waals surface area contributed by atoms with Crippen molar-refractivity contribution in [1.82, 2.24) is 14.5 Å². The maximum atomic E-state index is 6.45. The largest absolute Gasteiger partial charge is 0.436 e. The van der Waals surface area contributed by atoms with Gasteiger partial charge in [0.1, 0.15) is 11.3 Å². The van der Waals surface area contributed by atoms with E-state index in [1.165, 1.54) is 33.3 Å². The van der Waals surface area contributed by atoms with Crippen LogP contribution in [0.15, 0.2) is 67.1 Å². The molecule has 154 valence electrons. The third kappa shape index (κ3) is 3.34. The van der Waals surface area contributed by atoms with Gasteiger partial charge in [-0.1, -0.05) is 35.9 Å².